The third-order valence-electron chi connectivity index (χ3n) is 6.53. The van der Waals surface area contributed by atoms with Crippen molar-refractivity contribution in [2.24, 2.45) is 0 Å². The number of hydrogen-bond donors (Lipinski definition) is 0. The van der Waals surface area contributed by atoms with Crippen molar-refractivity contribution in [1.82, 2.24) is 8.87 Å². The van der Waals surface area contributed by atoms with Gasteiger partial charge in [-0.15, -0.1) is 0 Å². The Hall–Kier alpha value is -3.67. The minimum atomic E-state index is -3.68. The normalized spacial score (nSPS) is 17.7. The average Bonchev–Trinajstić information content (AvgIpc) is 3.25. The fourth-order valence-corrected chi connectivity index (χ4v) is 6.05. The van der Waals surface area contributed by atoms with Gasteiger partial charge < -0.3 is 23.5 Å². The van der Waals surface area contributed by atoms with Gasteiger partial charge in [0.25, 0.3) is 0 Å². The number of hydrogen-bond acceptors (Lipinski definition) is 8. The van der Waals surface area contributed by atoms with E-state index in [9.17, 15) is 18.0 Å². The molecule has 1 unspecified atom stereocenters. The molecule has 2 aromatic carbocycles. The third-order valence-corrected chi connectivity index (χ3v) is 8.43. The zero-order valence-electron chi connectivity index (χ0n) is 21.1. The van der Waals surface area contributed by atoms with E-state index in [1.165, 1.54) is 4.31 Å². The van der Waals surface area contributed by atoms with Crippen molar-refractivity contribution >= 4 is 21.8 Å². The van der Waals surface area contributed by atoms with Crippen molar-refractivity contribution in [1.29, 1.82) is 0 Å². The highest BCUT2D eigenvalue weighted by Crippen LogP contribution is 2.31. The number of nitrogens with zero attached hydrogens (tertiary/aromatic N) is 2. The van der Waals surface area contributed by atoms with Crippen LogP contribution in [0.1, 0.15) is 21.7 Å². The van der Waals surface area contributed by atoms with Crippen molar-refractivity contribution in [2.45, 2.75) is 24.8 Å². The van der Waals surface area contributed by atoms with Crippen LogP contribution in [0.5, 0.6) is 11.5 Å². The summed E-state index contributed by atoms with van der Waals surface area (Å²) in [6.45, 7) is 4.43. The molecule has 10 nitrogen and oxygen atoms in total. The Morgan fingerprint density at radius 1 is 1.00 bits per heavy atom. The number of rotatable bonds is 7. The van der Waals surface area contributed by atoms with Crippen molar-refractivity contribution in [2.75, 3.05) is 39.5 Å². The summed E-state index contributed by atoms with van der Waals surface area (Å²) in [4.78, 5) is 25.7. The quantitative estimate of drug-likeness (QED) is 0.332. The molecular formula is C27H28N2O8S. The number of ether oxygens (including phenoxy) is 4. The first-order chi connectivity index (χ1) is 18.3. The van der Waals surface area contributed by atoms with Crippen LogP contribution < -0.4 is 9.47 Å². The molecule has 2 aliphatic rings. The number of fused-ring (bicyclic) bond motifs is 1. The molecule has 0 radical (unpaired) electrons. The van der Waals surface area contributed by atoms with E-state index in [1.807, 2.05) is 11.5 Å². The molecule has 0 bridgehead atoms. The van der Waals surface area contributed by atoms with Gasteiger partial charge in [0.1, 0.15) is 6.61 Å². The standard InChI is InChI=1S/C27H28N2O8S/c1-18-14-22(23(30)16-36-27(31)26-17-35-24-8-3-4-9-25(24)37-26)19(2)29(18)20-6-5-7-21(15-20)38(32,33)28-10-12-34-13-11-28/h3-9,14-15,26H,10-13,16-17H2,1-2H3. The van der Waals surface area contributed by atoms with Crippen molar-refractivity contribution in [3.05, 3.63) is 71.5 Å². The van der Waals surface area contributed by atoms with Gasteiger partial charge in [0.05, 0.1) is 18.1 Å². The van der Waals surface area contributed by atoms with Crippen LogP contribution in [0.3, 0.4) is 0 Å². The van der Waals surface area contributed by atoms with Crippen LogP contribution in [0.15, 0.2) is 59.5 Å². The molecule has 0 spiro atoms. The number of benzene rings is 2. The van der Waals surface area contributed by atoms with Crippen LogP contribution in [0.4, 0.5) is 0 Å². The summed E-state index contributed by atoms with van der Waals surface area (Å²) in [5, 5.41) is 0. The van der Waals surface area contributed by atoms with E-state index in [2.05, 4.69) is 0 Å². The molecule has 1 atom stereocenters. The molecule has 0 N–H and O–H groups in total. The molecule has 1 aromatic heterocycles. The number of carbonyl (C=O) groups is 2. The van der Waals surface area contributed by atoms with Gasteiger partial charge in [-0.2, -0.15) is 4.31 Å². The molecule has 2 aliphatic heterocycles. The van der Waals surface area contributed by atoms with Crippen molar-refractivity contribution in [3.63, 3.8) is 0 Å². The predicted octanol–water partition coefficient (Wildman–Crippen LogP) is 2.68. The van der Waals surface area contributed by atoms with E-state index >= 15 is 0 Å². The van der Waals surface area contributed by atoms with E-state index in [4.69, 9.17) is 18.9 Å². The topological polar surface area (TPSA) is 113 Å². The summed E-state index contributed by atoms with van der Waals surface area (Å²) >= 11 is 0. The number of esters is 1. The molecular weight excluding hydrogens is 512 g/mol. The van der Waals surface area contributed by atoms with Gasteiger partial charge >= 0.3 is 5.97 Å². The molecule has 1 saturated heterocycles. The van der Waals surface area contributed by atoms with Gasteiger partial charge in [0.2, 0.25) is 21.9 Å². The first-order valence-corrected chi connectivity index (χ1v) is 13.7. The first-order valence-electron chi connectivity index (χ1n) is 12.2. The second kappa shape index (κ2) is 10.6. The lowest BCUT2D eigenvalue weighted by atomic mass is 10.1. The lowest BCUT2D eigenvalue weighted by Gasteiger charge is -2.26. The first kappa shape index (κ1) is 26.0. The number of aromatic nitrogens is 1. The van der Waals surface area contributed by atoms with Gasteiger partial charge in [0.15, 0.2) is 18.1 Å². The number of sulfonamides is 1. The van der Waals surface area contributed by atoms with Gasteiger partial charge in [-0.1, -0.05) is 18.2 Å². The maximum absolute atomic E-state index is 13.1. The zero-order chi connectivity index (χ0) is 26.9. The lowest BCUT2D eigenvalue weighted by Crippen LogP contribution is -2.40. The summed E-state index contributed by atoms with van der Waals surface area (Å²) in [5.41, 5.74) is 2.33. The van der Waals surface area contributed by atoms with Crippen LogP contribution in [0.25, 0.3) is 5.69 Å². The van der Waals surface area contributed by atoms with Crippen molar-refractivity contribution in [3.8, 4) is 17.2 Å². The van der Waals surface area contributed by atoms with E-state index in [1.54, 1.807) is 61.5 Å². The SMILES string of the molecule is Cc1cc(C(=O)COC(=O)C2COc3ccccc3O2)c(C)n1-c1cccc(S(=O)(=O)N2CCOCC2)c1. The number of Topliss-reactive ketones (excluding diaryl/α,β-unsaturated/α-hetero) is 1. The Bertz CT molecular complexity index is 1470. The van der Waals surface area contributed by atoms with Crippen LogP contribution in [0.2, 0.25) is 0 Å². The molecule has 3 heterocycles. The Balaban J connectivity index is 1.30. The maximum atomic E-state index is 13.1. The summed E-state index contributed by atoms with van der Waals surface area (Å²) in [7, 11) is -3.68. The van der Waals surface area contributed by atoms with Gasteiger partial charge in [-0.05, 0) is 50.2 Å². The Morgan fingerprint density at radius 2 is 1.74 bits per heavy atom. The number of morpholine rings is 1. The van der Waals surface area contributed by atoms with Crippen LogP contribution in [-0.2, 0) is 24.3 Å². The highest BCUT2D eigenvalue weighted by molar-refractivity contribution is 7.89. The average molecular weight is 541 g/mol. The Labute approximate surface area is 220 Å². The van der Waals surface area contributed by atoms with Gasteiger partial charge in [0, 0.05) is 35.7 Å². The van der Waals surface area contributed by atoms with Crippen LogP contribution >= 0.6 is 0 Å². The minimum absolute atomic E-state index is 0.0117. The largest absolute Gasteiger partial charge is 0.485 e. The molecule has 0 saturated carbocycles. The molecule has 0 amide bonds. The van der Waals surface area contributed by atoms with E-state index in [0.29, 0.717) is 54.7 Å². The highest BCUT2D eigenvalue weighted by Gasteiger charge is 2.30. The summed E-state index contributed by atoms with van der Waals surface area (Å²) in [5.74, 6) is -0.0927. The van der Waals surface area contributed by atoms with Crippen LogP contribution in [0, 0.1) is 13.8 Å². The summed E-state index contributed by atoms with van der Waals surface area (Å²) in [6, 6.07) is 15.3. The zero-order valence-corrected chi connectivity index (χ0v) is 21.9. The van der Waals surface area contributed by atoms with E-state index < -0.39 is 28.7 Å². The van der Waals surface area contributed by atoms with E-state index in [0.717, 1.165) is 5.69 Å². The molecule has 200 valence electrons. The lowest BCUT2D eigenvalue weighted by molar-refractivity contribution is -0.153. The molecule has 11 heteroatoms. The Kier molecular flexibility index (Phi) is 7.24. The highest BCUT2D eigenvalue weighted by atomic mass is 32.2. The summed E-state index contributed by atoms with van der Waals surface area (Å²) < 4.78 is 51.2. The predicted molar refractivity (Wildman–Crippen MR) is 136 cm³/mol. The number of para-hydroxylation sites is 2. The van der Waals surface area contributed by atoms with E-state index in [-0.39, 0.29) is 17.3 Å². The summed E-state index contributed by atoms with van der Waals surface area (Å²) in [6.07, 6.45) is -0.971. The Morgan fingerprint density at radius 3 is 2.50 bits per heavy atom. The second-order valence-electron chi connectivity index (χ2n) is 9.03. The van der Waals surface area contributed by atoms with Gasteiger partial charge in [-0.25, -0.2) is 13.2 Å². The fourth-order valence-electron chi connectivity index (χ4n) is 4.60. The molecule has 1 fully saturated rings. The molecule has 5 rings (SSSR count). The van der Waals surface area contributed by atoms with Crippen LogP contribution in [-0.4, -0.2) is 74.7 Å². The monoisotopic (exact) mass is 540 g/mol. The van der Waals surface area contributed by atoms with Gasteiger partial charge in [-0.3, -0.25) is 4.79 Å². The number of ketones is 1. The number of carbonyl (C=O) groups excluding carboxylic acids is 2. The molecule has 3 aromatic rings. The minimum Gasteiger partial charge on any atom is -0.485 e. The van der Waals surface area contributed by atoms with Crippen molar-refractivity contribution < 1.29 is 37.0 Å². The smallest absolute Gasteiger partial charge is 0.351 e. The third kappa shape index (κ3) is 5.04. The molecule has 38 heavy (non-hydrogen) atoms. The molecule has 0 aliphatic carbocycles. The maximum Gasteiger partial charge on any atom is 0.351 e. The fraction of sp³-hybridized carbons (Fsp3) is 0.333. The second-order valence-corrected chi connectivity index (χ2v) is 11.0. The number of aryl methyl sites for hydroxylation is 1.